The Bertz CT molecular complexity index is 279. The Morgan fingerprint density at radius 1 is 1.53 bits per heavy atom. The largest absolute Gasteiger partial charge is 0.329 e. The average Bonchev–Trinajstić information content (AvgIpc) is 2.16. The molecule has 1 heterocycles. The monoisotopic (exact) mass is 235 g/mol. The Balaban J connectivity index is 2.29. The van der Waals surface area contributed by atoms with Crippen LogP contribution in [0.2, 0.25) is 0 Å². The Labute approximate surface area is 91.9 Å². The van der Waals surface area contributed by atoms with Gasteiger partial charge < -0.3 is 11.1 Å². The minimum Gasteiger partial charge on any atom is -0.329 e. The first-order chi connectivity index (χ1) is 7.03. The molecule has 1 unspecified atom stereocenters. The predicted molar refractivity (Wildman–Crippen MR) is 61.6 cm³/mol. The van der Waals surface area contributed by atoms with Crippen LogP contribution in [-0.2, 0) is 9.84 Å². The van der Waals surface area contributed by atoms with Crippen LogP contribution >= 0.6 is 0 Å². The summed E-state index contributed by atoms with van der Waals surface area (Å²) < 4.78 is 21.9. The fraction of sp³-hybridized carbons (Fsp3) is 1.00. The van der Waals surface area contributed by atoms with E-state index in [1.807, 2.05) is 0 Å². The first-order valence-corrected chi connectivity index (χ1v) is 7.41. The second-order valence-corrected chi connectivity index (χ2v) is 6.37. The van der Waals surface area contributed by atoms with Gasteiger partial charge in [-0.05, 0) is 13.0 Å². The lowest BCUT2D eigenvalue weighted by atomic mass is 10.2. The molecular formula is C9H21N3O2S. The van der Waals surface area contributed by atoms with Gasteiger partial charge in [-0.25, -0.2) is 8.42 Å². The van der Waals surface area contributed by atoms with Crippen molar-refractivity contribution >= 4 is 9.84 Å². The van der Waals surface area contributed by atoms with Crippen LogP contribution in [-0.4, -0.2) is 64.1 Å². The van der Waals surface area contributed by atoms with Gasteiger partial charge >= 0.3 is 0 Å². The molecule has 90 valence electrons. The zero-order valence-corrected chi connectivity index (χ0v) is 10.1. The second-order valence-electron chi connectivity index (χ2n) is 4.11. The van der Waals surface area contributed by atoms with E-state index in [4.69, 9.17) is 5.73 Å². The summed E-state index contributed by atoms with van der Waals surface area (Å²) in [7, 11) is -2.82. The van der Waals surface area contributed by atoms with Gasteiger partial charge in [0.15, 0.2) is 0 Å². The number of nitrogens with zero attached hydrogens (tertiary/aromatic N) is 1. The lowest BCUT2D eigenvalue weighted by Crippen LogP contribution is -2.54. The molecule has 0 amide bonds. The minimum absolute atomic E-state index is 0.272. The quantitative estimate of drug-likeness (QED) is 0.616. The molecule has 0 spiro atoms. The van der Waals surface area contributed by atoms with Gasteiger partial charge in [-0.15, -0.1) is 0 Å². The highest BCUT2D eigenvalue weighted by Gasteiger charge is 2.20. The van der Waals surface area contributed by atoms with Crippen LogP contribution in [0.4, 0.5) is 0 Å². The van der Waals surface area contributed by atoms with Crippen molar-refractivity contribution in [2.24, 2.45) is 5.73 Å². The molecule has 1 rings (SSSR count). The molecular weight excluding hydrogens is 214 g/mol. The summed E-state index contributed by atoms with van der Waals surface area (Å²) in [5.41, 5.74) is 5.65. The number of nitrogens with two attached hydrogens (primary N) is 1. The topological polar surface area (TPSA) is 75.4 Å². The van der Waals surface area contributed by atoms with Crippen molar-refractivity contribution in [2.45, 2.75) is 12.5 Å². The lowest BCUT2D eigenvalue weighted by Gasteiger charge is -2.35. The predicted octanol–water partition coefficient (Wildman–Crippen LogP) is -1.35. The molecule has 6 heteroatoms. The highest BCUT2D eigenvalue weighted by Crippen LogP contribution is 2.03. The van der Waals surface area contributed by atoms with Crippen molar-refractivity contribution in [1.29, 1.82) is 0 Å². The van der Waals surface area contributed by atoms with Crippen molar-refractivity contribution in [3.05, 3.63) is 0 Å². The fourth-order valence-electron chi connectivity index (χ4n) is 1.86. The molecule has 0 bridgehead atoms. The number of sulfone groups is 1. The van der Waals surface area contributed by atoms with E-state index in [2.05, 4.69) is 10.2 Å². The smallest absolute Gasteiger partial charge is 0.147 e. The highest BCUT2D eigenvalue weighted by molar-refractivity contribution is 7.90. The number of rotatable bonds is 5. The van der Waals surface area contributed by atoms with Crippen LogP contribution < -0.4 is 11.1 Å². The van der Waals surface area contributed by atoms with Gasteiger partial charge in [0, 0.05) is 38.5 Å². The number of hydrogen-bond acceptors (Lipinski definition) is 5. The molecule has 1 fully saturated rings. The molecule has 0 saturated carbocycles. The molecule has 3 N–H and O–H groups in total. The van der Waals surface area contributed by atoms with E-state index < -0.39 is 9.84 Å². The van der Waals surface area contributed by atoms with E-state index in [9.17, 15) is 8.42 Å². The van der Waals surface area contributed by atoms with Gasteiger partial charge in [0.2, 0.25) is 0 Å². The van der Waals surface area contributed by atoms with E-state index in [1.165, 1.54) is 6.26 Å². The van der Waals surface area contributed by atoms with Gasteiger partial charge in [-0.2, -0.15) is 0 Å². The third kappa shape index (κ3) is 4.92. The minimum atomic E-state index is -2.82. The van der Waals surface area contributed by atoms with Gasteiger partial charge in [0.25, 0.3) is 0 Å². The molecule has 1 atom stereocenters. The summed E-state index contributed by atoms with van der Waals surface area (Å²) in [6, 6.07) is 0.360. The first-order valence-electron chi connectivity index (χ1n) is 5.35. The lowest BCUT2D eigenvalue weighted by molar-refractivity contribution is 0.166. The second kappa shape index (κ2) is 5.79. The third-order valence-electron chi connectivity index (χ3n) is 2.70. The molecule has 1 aliphatic heterocycles. The number of nitrogens with one attached hydrogen (secondary N) is 1. The van der Waals surface area contributed by atoms with E-state index in [0.717, 1.165) is 26.2 Å². The van der Waals surface area contributed by atoms with Crippen molar-refractivity contribution in [3.8, 4) is 0 Å². The summed E-state index contributed by atoms with van der Waals surface area (Å²) in [6.45, 7) is 4.30. The van der Waals surface area contributed by atoms with Crippen LogP contribution in [0.3, 0.4) is 0 Å². The summed E-state index contributed by atoms with van der Waals surface area (Å²) in [6.07, 6.45) is 1.99. The Kier molecular flexibility index (Phi) is 4.98. The van der Waals surface area contributed by atoms with E-state index in [0.29, 0.717) is 19.0 Å². The van der Waals surface area contributed by atoms with Crippen molar-refractivity contribution in [1.82, 2.24) is 10.2 Å². The highest BCUT2D eigenvalue weighted by atomic mass is 32.2. The maximum Gasteiger partial charge on any atom is 0.147 e. The van der Waals surface area contributed by atoms with Gasteiger partial charge in [0.05, 0.1) is 5.75 Å². The van der Waals surface area contributed by atoms with Gasteiger partial charge in [-0.3, -0.25) is 4.90 Å². The first kappa shape index (κ1) is 12.9. The molecule has 0 radical (unpaired) electrons. The van der Waals surface area contributed by atoms with Gasteiger partial charge in [0.1, 0.15) is 9.84 Å². The molecule has 1 saturated heterocycles. The molecule has 15 heavy (non-hydrogen) atoms. The summed E-state index contributed by atoms with van der Waals surface area (Å²) in [4.78, 5) is 2.28. The Hall–Kier alpha value is -0.170. The van der Waals surface area contributed by atoms with E-state index in [1.54, 1.807) is 0 Å². The molecule has 0 aromatic carbocycles. The Morgan fingerprint density at radius 2 is 2.27 bits per heavy atom. The van der Waals surface area contributed by atoms with E-state index in [-0.39, 0.29) is 5.75 Å². The summed E-state index contributed by atoms with van der Waals surface area (Å²) >= 11 is 0. The van der Waals surface area contributed by atoms with Crippen molar-refractivity contribution in [2.75, 3.05) is 44.7 Å². The molecule has 1 aliphatic rings. The normalized spacial score (nSPS) is 24.3. The standard InChI is InChI=1S/C9H21N3O2S/c1-15(13,14)6-2-4-12-5-3-11-8-9(12)7-10/h9,11H,2-8,10H2,1H3. The molecule has 0 aliphatic carbocycles. The maximum absolute atomic E-state index is 11.0. The van der Waals surface area contributed by atoms with Crippen LogP contribution in [0.15, 0.2) is 0 Å². The van der Waals surface area contributed by atoms with Crippen molar-refractivity contribution < 1.29 is 8.42 Å². The SMILES string of the molecule is CS(=O)(=O)CCCN1CCNCC1CN. The van der Waals surface area contributed by atoms with E-state index >= 15 is 0 Å². The van der Waals surface area contributed by atoms with Gasteiger partial charge in [-0.1, -0.05) is 0 Å². The average molecular weight is 235 g/mol. The molecule has 0 aromatic heterocycles. The summed E-state index contributed by atoms with van der Waals surface area (Å²) in [5, 5.41) is 3.28. The Morgan fingerprint density at radius 3 is 2.87 bits per heavy atom. The maximum atomic E-state index is 11.0. The van der Waals surface area contributed by atoms with Crippen molar-refractivity contribution in [3.63, 3.8) is 0 Å². The van der Waals surface area contributed by atoms with Crippen LogP contribution in [0.25, 0.3) is 0 Å². The molecule has 5 nitrogen and oxygen atoms in total. The zero-order valence-electron chi connectivity index (χ0n) is 9.28. The summed E-state index contributed by atoms with van der Waals surface area (Å²) in [5.74, 6) is 0.272. The fourth-order valence-corrected chi connectivity index (χ4v) is 2.51. The number of hydrogen-bond donors (Lipinski definition) is 2. The third-order valence-corrected chi connectivity index (χ3v) is 3.73. The van der Waals surface area contributed by atoms with Crippen LogP contribution in [0.1, 0.15) is 6.42 Å². The van der Waals surface area contributed by atoms with Crippen LogP contribution in [0.5, 0.6) is 0 Å². The number of piperazine rings is 1. The zero-order chi connectivity index (χ0) is 11.3. The van der Waals surface area contributed by atoms with Crippen LogP contribution in [0, 0.1) is 0 Å². The molecule has 0 aromatic rings.